The normalized spacial score (nSPS) is 11.8. The molecule has 2 aromatic heterocycles. The smallest absolute Gasteiger partial charge is 0.191 e. The molecule has 0 radical (unpaired) electrons. The lowest BCUT2D eigenvalue weighted by Crippen LogP contribution is -2.37. The van der Waals surface area contributed by atoms with Crippen molar-refractivity contribution in [3.63, 3.8) is 0 Å². The Balaban J connectivity index is 1.48. The summed E-state index contributed by atoms with van der Waals surface area (Å²) < 4.78 is 1.84. The van der Waals surface area contributed by atoms with E-state index in [1.54, 1.807) is 6.20 Å². The molecule has 0 atom stereocenters. The Hall–Kier alpha value is -2.83. The molecule has 0 saturated carbocycles. The number of fused-ring (bicyclic) bond motifs is 1. The maximum atomic E-state index is 4.61. The number of nitrogens with one attached hydrogen (secondary N) is 3. The second-order valence-electron chi connectivity index (χ2n) is 5.87. The number of benzene rings is 1. The zero-order chi connectivity index (χ0) is 17.5. The highest BCUT2D eigenvalue weighted by atomic mass is 15.3. The van der Waals surface area contributed by atoms with E-state index >= 15 is 0 Å². The van der Waals surface area contributed by atoms with E-state index in [1.165, 1.54) is 0 Å². The van der Waals surface area contributed by atoms with Crippen molar-refractivity contribution in [2.24, 2.45) is 12.0 Å². The third kappa shape index (κ3) is 4.59. The largest absolute Gasteiger partial charge is 0.357 e. The summed E-state index contributed by atoms with van der Waals surface area (Å²) in [7, 11) is 1.93. The highest BCUT2D eigenvalue weighted by Gasteiger charge is 2.03. The van der Waals surface area contributed by atoms with Gasteiger partial charge in [-0.25, -0.2) is 9.98 Å². The van der Waals surface area contributed by atoms with Gasteiger partial charge in [0.1, 0.15) is 5.82 Å². The number of hydrogen-bond donors (Lipinski definition) is 3. The van der Waals surface area contributed by atoms with Gasteiger partial charge in [-0.15, -0.1) is 0 Å². The van der Waals surface area contributed by atoms with Crippen molar-refractivity contribution in [1.29, 1.82) is 0 Å². The second-order valence-corrected chi connectivity index (χ2v) is 5.87. The number of aromatic nitrogens is 4. The van der Waals surface area contributed by atoms with Crippen molar-refractivity contribution in [2.45, 2.75) is 26.3 Å². The molecule has 3 N–H and O–H groups in total. The number of nitrogens with zero attached hydrogens (tertiary/aromatic N) is 4. The fraction of sp³-hybridized carbons (Fsp3) is 0.389. The summed E-state index contributed by atoms with van der Waals surface area (Å²) in [5, 5.41) is 10.8. The molecule has 0 fully saturated rings. The van der Waals surface area contributed by atoms with Gasteiger partial charge in [-0.05, 0) is 31.5 Å². The van der Waals surface area contributed by atoms with Crippen LogP contribution in [0.25, 0.3) is 11.0 Å². The van der Waals surface area contributed by atoms with Crippen LogP contribution in [0, 0.1) is 0 Å². The molecule has 0 bridgehead atoms. The van der Waals surface area contributed by atoms with Crippen LogP contribution >= 0.6 is 0 Å². The van der Waals surface area contributed by atoms with Crippen LogP contribution in [0.3, 0.4) is 0 Å². The van der Waals surface area contributed by atoms with Crippen LogP contribution in [-0.2, 0) is 20.0 Å². The average molecular weight is 339 g/mol. The molecule has 1 aromatic carbocycles. The number of H-pyrrole nitrogens is 1. The van der Waals surface area contributed by atoms with E-state index in [0.717, 1.165) is 54.4 Å². The highest BCUT2D eigenvalue weighted by molar-refractivity contribution is 5.79. The summed E-state index contributed by atoms with van der Waals surface area (Å²) in [6, 6.07) is 10.1. The number of para-hydroxylation sites is 2. The van der Waals surface area contributed by atoms with Crippen LogP contribution in [0.2, 0.25) is 0 Å². The standard InChI is InChI=1S/C18H25N7/c1-3-19-18(21-13-14-10-12-22-25(14)2)20-11-6-9-17-23-15-7-4-5-8-16(15)24-17/h4-5,7-8,10,12H,3,6,9,11,13H2,1-2H3,(H,23,24)(H2,19,20,21). The van der Waals surface area contributed by atoms with Crippen molar-refractivity contribution < 1.29 is 0 Å². The maximum absolute atomic E-state index is 4.61. The van der Waals surface area contributed by atoms with Crippen LogP contribution in [-0.4, -0.2) is 38.8 Å². The third-order valence-corrected chi connectivity index (χ3v) is 3.99. The molecule has 0 saturated heterocycles. The van der Waals surface area contributed by atoms with Gasteiger partial charge in [-0.3, -0.25) is 4.68 Å². The Kier molecular flexibility index (Phi) is 5.66. The van der Waals surface area contributed by atoms with E-state index in [1.807, 2.05) is 36.0 Å². The quantitative estimate of drug-likeness (QED) is 0.349. The Bertz CT molecular complexity index is 798. The van der Waals surface area contributed by atoms with Gasteiger partial charge in [0.15, 0.2) is 5.96 Å². The molecule has 3 rings (SSSR count). The van der Waals surface area contributed by atoms with Gasteiger partial charge in [0, 0.05) is 32.8 Å². The van der Waals surface area contributed by atoms with Gasteiger partial charge in [0.05, 0.1) is 23.3 Å². The van der Waals surface area contributed by atoms with E-state index in [0.29, 0.717) is 6.54 Å². The van der Waals surface area contributed by atoms with E-state index in [-0.39, 0.29) is 0 Å². The lowest BCUT2D eigenvalue weighted by Gasteiger charge is -2.11. The van der Waals surface area contributed by atoms with Gasteiger partial charge in [-0.1, -0.05) is 12.1 Å². The Labute approximate surface area is 147 Å². The minimum atomic E-state index is 0.607. The summed E-state index contributed by atoms with van der Waals surface area (Å²) in [5.41, 5.74) is 3.20. The topological polar surface area (TPSA) is 82.9 Å². The molecule has 0 aliphatic rings. The zero-order valence-electron chi connectivity index (χ0n) is 14.8. The first kappa shape index (κ1) is 17.0. The van der Waals surface area contributed by atoms with E-state index in [2.05, 4.69) is 43.7 Å². The third-order valence-electron chi connectivity index (χ3n) is 3.99. The van der Waals surface area contributed by atoms with Crippen molar-refractivity contribution >= 4 is 17.0 Å². The molecule has 0 amide bonds. The second kappa shape index (κ2) is 8.32. The highest BCUT2D eigenvalue weighted by Crippen LogP contribution is 2.11. The van der Waals surface area contributed by atoms with Crippen LogP contribution < -0.4 is 10.6 Å². The van der Waals surface area contributed by atoms with Gasteiger partial charge < -0.3 is 15.6 Å². The number of guanidine groups is 1. The molecule has 2 heterocycles. The van der Waals surface area contributed by atoms with Crippen LogP contribution in [0.1, 0.15) is 24.9 Å². The molecule has 132 valence electrons. The molecule has 7 heteroatoms. The minimum Gasteiger partial charge on any atom is -0.357 e. The van der Waals surface area contributed by atoms with Crippen LogP contribution in [0.4, 0.5) is 0 Å². The summed E-state index contributed by atoms with van der Waals surface area (Å²) in [6.07, 6.45) is 3.68. The zero-order valence-corrected chi connectivity index (χ0v) is 14.8. The van der Waals surface area contributed by atoms with Gasteiger partial charge >= 0.3 is 0 Å². The first-order valence-corrected chi connectivity index (χ1v) is 8.69. The van der Waals surface area contributed by atoms with Crippen molar-refractivity contribution in [3.05, 3.63) is 48.0 Å². The lowest BCUT2D eigenvalue weighted by atomic mass is 10.3. The molecule has 7 nitrogen and oxygen atoms in total. The summed E-state index contributed by atoms with van der Waals surface area (Å²) >= 11 is 0. The number of hydrogen-bond acceptors (Lipinski definition) is 3. The van der Waals surface area contributed by atoms with Gasteiger partial charge in [0.25, 0.3) is 0 Å². The predicted molar refractivity (Wildman–Crippen MR) is 100 cm³/mol. The van der Waals surface area contributed by atoms with E-state index in [9.17, 15) is 0 Å². The minimum absolute atomic E-state index is 0.607. The maximum Gasteiger partial charge on any atom is 0.191 e. The number of aryl methyl sites for hydroxylation is 2. The fourth-order valence-electron chi connectivity index (χ4n) is 2.64. The van der Waals surface area contributed by atoms with E-state index < -0.39 is 0 Å². The van der Waals surface area contributed by atoms with Crippen LogP contribution in [0.15, 0.2) is 41.5 Å². The Morgan fingerprint density at radius 3 is 2.88 bits per heavy atom. The van der Waals surface area contributed by atoms with Crippen molar-refractivity contribution in [3.8, 4) is 0 Å². The van der Waals surface area contributed by atoms with E-state index in [4.69, 9.17) is 0 Å². The Morgan fingerprint density at radius 1 is 1.24 bits per heavy atom. The molecule has 0 spiro atoms. The number of rotatable bonds is 7. The first-order chi connectivity index (χ1) is 12.3. The number of aliphatic imine (C=N–C) groups is 1. The Morgan fingerprint density at radius 2 is 2.12 bits per heavy atom. The van der Waals surface area contributed by atoms with Gasteiger partial charge in [-0.2, -0.15) is 5.10 Å². The fourth-order valence-corrected chi connectivity index (χ4v) is 2.64. The SMILES string of the molecule is CCNC(=NCc1ccnn1C)NCCCc1nc2ccccc2[nH]1. The summed E-state index contributed by atoms with van der Waals surface area (Å²) in [5.74, 6) is 1.85. The first-order valence-electron chi connectivity index (χ1n) is 8.69. The molecule has 25 heavy (non-hydrogen) atoms. The molecular formula is C18H25N7. The number of imidazole rings is 1. The van der Waals surface area contributed by atoms with Crippen molar-refractivity contribution in [2.75, 3.05) is 13.1 Å². The molecule has 0 aliphatic carbocycles. The predicted octanol–water partition coefficient (Wildman–Crippen LogP) is 1.98. The molecular weight excluding hydrogens is 314 g/mol. The monoisotopic (exact) mass is 339 g/mol. The summed E-state index contributed by atoms with van der Waals surface area (Å²) in [4.78, 5) is 12.6. The van der Waals surface area contributed by atoms with Crippen molar-refractivity contribution in [1.82, 2.24) is 30.4 Å². The van der Waals surface area contributed by atoms with Gasteiger partial charge in [0.2, 0.25) is 0 Å². The van der Waals surface area contributed by atoms with Crippen LogP contribution in [0.5, 0.6) is 0 Å². The number of aromatic amines is 1. The molecule has 0 aliphatic heterocycles. The molecule has 0 unspecified atom stereocenters. The average Bonchev–Trinajstić information content (AvgIpc) is 3.21. The summed E-state index contributed by atoms with van der Waals surface area (Å²) in [6.45, 7) is 4.35. The molecule has 3 aromatic rings. The lowest BCUT2D eigenvalue weighted by molar-refractivity contribution is 0.700.